The average molecular weight is 457 g/mol. The summed E-state index contributed by atoms with van der Waals surface area (Å²) in [6, 6.07) is 7.09. The van der Waals surface area contributed by atoms with E-state index in [0.717, 1.165) is 22.2 Å². The molecule has 0 aliphatic carbocycles. The molecule has 2 amide bonds. The second kappa shape index (κ2) is 10.2. The zero-order valence-electron chi connectivity index (χ0n) is 20.5. The van der Waals surface area contributed by atoms with Crippen molar-refractivity contribution in [3.05, 3.63) is 48.0 Å². The van der Waals surface area contributed by atoms with Gasteiger partial charge in [-0.05, 0) is 50.5 Å². The maximum Gasteiger partial charge on any atom is 0.408 e. The Morgan fingerprint density at radius 2 is 2.03 bits per heavy atom. The van der Waals surface area contributed by atoms with Crippen molar-refractivity contribution in [3.63, 3.8) is 0 Å². The molecule has 0 saturated heterocycles. The summed E-state index contributed by atoms with van der Waals surface area (Å²) in [4.78, 5) is 30.2. The number of amides is 2. The third-order valence-corrected chi connectivity index (χ3v) is 5.28. The van der Waals surface area contributed by atoms with Crippen molar-refractivity contribution in [2.24, 2.45) is 5.92 Å². The molecule has 2 aromatic rings. The lowest BCUT2D eigenvalue weighted by molar-refractivity contribution is -0.134. The molecular formula is C25H36N4O4. The number of rotatable bonds is 8. The zero-order chi connectivity index (χ0) is 24.2. The maximum atomic E-state index is 13.8. The van der Waals surface area contributed by atoms with Gasteiger partial charge in [0.2, 0.25) is 5.91 Å². The van der Waals surface area contributed by atoms with Gasteiger partial charge in [-0.1, -0.05) is 19.9 Å². The van der Waals surface area contributed by atoms with E-state index in [9.17, 15) is 9.59 Å². The molecule has 0 spiro atoms. The summed E-state index contributed by atoms with van der Waals surface area (Å²) in [5, 5.41) is 6.98. The van der Waals surface area contributed by atoms with Crippen molar-refractivity contribution in [2.45, 2.75) is 59.2 Å². The van der Waals surface area contributed by atoms with Crippen LogP contribution in [0.1, 0.15) is 46.6 Å². The van der Waals surface area contributed by atoms with Gasteiger partial charge in [0.25, 0.3) is 0 Å². The van der Waals surface area contributed by atoms with Crippen LogP contribution < -0.4 is 10.6 Å². The van der Waals surface area contributed by atoms with E-state index in [1.807, 2.05) is 47.3 Å². The standard InChI is InChI=1S/C25H36N4O4/c1-17(2)14-29(15-18-7-8-22-19(11-18)9-10-32-22)23(30)21(12-20-13-26-16-28(20)6)27-24(31)33-25(3,4)5/h7-11,13,17,21,26H,12,14-16H2,1-6H3,(H,27,31)/t21-/m0/s1. The number of nitrogens with zero attached hydrogens (tertiary/aromatic N) is 2. The first-order chi connectivity index (χ1) is 15.5. The summed E-state index contributed by atoms with van der Waals surface area (Å²) in [6.07, 6.45) is 3.32. The molecule has 0 unspecified atom stereocenters. The van der Waals surface area contributed by atoms with Crippen LogP contribution in [0.15, 0.2) is 46.8 Å². The fourth-order valence-corrected chi connectivity index (χ4v) is 3.81. The van der Waals surface area contributed by atoms with E-state index < -0.39 is 17.7 Å². The van der Waals surface area contributed by atoms with Crippen molar-refractivity contribution in [2.75, 3.05) is 20.3 Å². The molecule has 2 heterocycles. The van der Waals surface area contributed by atoms with Crippen molar-refractivity contribution >= 4 is 23.0 Å². The van der Waals surface area contributed by atoms with Gasteiger partial charge in [-0.15, -0.1) is 0 Å². The topological polar surface area (TPSA) is 87.1 Å². The molecule has 1 aromatic carbocycles. The summed E-state index contributed by atoms with van der Waals surface area (Å²) < 4.78 is 10.9. The van der Waals surface area contributed by atoms with Crippen LogP contribution in [0.3, 0.4) is 0 Å². The van der Waals surface area contributed by atoms with Gasteiger partial charge in [-0.2, -0.15) is 0 Å². The Kier molecular flexibility index (Phi) is 7.56. The van der Waals surface area contributed by atoms with E-state index in [1.54, 1.807) is 27.0 Å². The number of carbonyl (C=O) groups excluding carboxylic acids is 2. The molecule has 8 nitrogen and oxygen atoms in total. The normalized spacial score (nSPS) is 14.8. The molecular weight excluding hydrogens is 420 g/mol. The average Bonchev–Trinajstić information content (AvgIpc) is 3.33. The fraction of sp³-hybridized carbons (Fsp3) is 0.520. The number of benzene rings is 1. The number of ether oxygens (including phenoxy) is 1. The number of alkyl carbamates (subject to hydrolysis) is 1. The minimum absolute atomic E-state index is 0.136. The Labute approximate surface area is 195 Å². The largest absolute Gasteiger partial charge is 0.464 e. The monoisotopic (exact) mass is 456 g/mol. The number of hydrogen-bond donors (Lipinski definition) is 2. The molecule has 1 aromatic heterocycles. The number of fused-ring (bicyclic) bond motifs is 1. The van der Waals surface area contributed by atoms with Crippen LogP contribution in [0.25, 0.3) is 11.0 Å². The molecule has 0 bridgehead atoms. The van der Waals surface area contributed by atoms with Crippen LogP contribution in [0.5, 0.6) is 0 Å². The predicted molar refractivity (Wildman–Crippen MR) is 128 cm³/mol. The maximum absolute atomic E-state index is 13.8. The van der Waals surface area contributed by atoms with Gasteiger partial charge in [-0.25, -0.2) is 4.79 Å². The Bertz CT molecular complexity index is 1010. The summed E-state index contributed by atoms with van der Waals surface area (Å²) in [7, 11) is 1.95. The fourth-order valence-electron chi connectivity index (χ4n) is 3.81. The highest BCUT2D eigenvalue weighted by Gasteiger charge is 2.31. The van der Waals surface area contributed by atoms with E-state index in [2.05, 4.69) is 24.5 Å². The molecule has 33 heavy (non-hydrogen) atoms. The molecule has 3 rings (SSSR count). The Morgan fingerprint density at radius 1 is 1.27 bits per heavy atom. The summed E-state index contributed by atoms with van der Waals surface area (Å²) in [5.74, 6) is 0.131. The van der Waals surface area contributed by atoms with Crippen molar-refractivity contribution < 1.29 is 18.7 Å². The van der Waals surface area contributed by atoms with Gasteiger partial charge in [0.1, 0.15) is 17.2 Å². The molecule has 2 N–H and O–H groups in total. The number of nitrogens with one attached hydrogen (secondary N) is 2. The van der Waals surface area contributed by atoms with Crippen molar-refractivity contribution in [1.82, 2.24) is 20.4 Å². The minimum atomic E-state index is -0.746. The quantitative estimate of drug-likeness (QED) is 0.624. The molecule has 1 atom stereocenters. The molecule has 1 aliphatic rings. The highest BCUT2D eigenvalue weighted by molar-refractivity contribution is 5.86. The number of hydrogen-bond acceptors (Lipinski definition) is 6. The number of carbonyl (C=O) groups is 2. The van der Waals surface area contributed by atoms with Crippen molar-refractivity contribution in [1.29, 1.82) is 0 Å². The molecule has 180 valence electrons. The molecule has 1 aliphatic heterocycles. The van der Waals surface area contributed by atoms with Crippen LogP contribution in [-0.4, -0.2) is 53.7 Å². The first-order valence-electron chi connectivity index (χ1n) is 11.4. The van der Waals surface area contributed by atoms with Crippen LogP contribution in [0.4, 0.5) is 4.79 Å². The van der Waals surface area contributed by atoms with E-state index in [0.29, 0.717) is 26.2 Å². The van der Waals surface area contributed by atoms with Gasteiger partial charge < -0.3 is 29.6 Å². The third-order valence-electron chi connectivity index (χ3n) is 5.28. The lowest BCUT2D eigenvalue weighted by atomic mass is 10.1. The van der Waals surface area contributed by atoms with E-state index in [4.69, 9.17) is 9.15 Å². The first-order valence-corrected chi connectivity index (χ1v) is 11.4. The van der Waals surface area contributed by atoms with Gasteiger partial charge in [0.05, 0.1) is 12.9 Å². The zero-order valence-corrected chi connectivity index (χ0v) is 20.5. The Balaban J connectivity index is 1.83. The third kappa shape index (κ3) is 6.91. The molecule has 0 saturated carbocycles. The second-order valence-corrected chi connectivity index (χ2v) is 10.0. The summed E-state index contributed by atoms with van der Waals surface area (Å²) in [6.45, 7) is 11.2. The SMILES string of the molecule is CC(C)CN(Cc1ccc2occc2c1)C(=O)[C@H](CC1=CNCN1C)NC(=O)OC(C)(C)C. The van der Waals surface area contributed by atoms with Crippen LogP contribution in [0.2, 0.25) is 0 Å². The van der Waals surface area contributed by atoms with Gasteiger partial charge in [0, 0.05) is 43.8 Å². The molecule has 8 heteroatoms. The van der Waals surface area contributed by atoms with Gasteiger partial charge in [0.15, 0.2) is 0 Å². The second-order valence-electron chi connectivity index (χ2n) is 10.0. The van der Waals surface area contributed by atoms with Gasteiger partial charge >= 0.3 is 6.09 Å². The van der Waals surface area contributed by atoms with E-state index in [1.165, 1.54) is 0 Å². The van der Waals surface area contributed by atoms with Gasteiger partial charge in [-0.3, -0.25) is 4.79 Å². The Hall–Kier alpha value is -3.16. The van der Waals surface area contributed by atoms with Crippen LogP contribution in [0, 0.1) is 5.92 Å². The van der Waals surface area contributed by atoms with Crippen molar-refractivity contribution in [3.8, 4) is 0 Å². The lowest BCUT2D eigenvalue weighted by Crippen LogP contribution is -2.50. The first kappa shape index (κ1) is 24.5. The predicted octanol–water partition coefficient (Wildman–Crippen LogP) is 4.03. The minimum Gasteiger partial charge on any atom is -0.464 e. The van der Waals surface area contributed by atoms with E-state index in [-0.39, 0.29) is 11.8 Å². The molecule has 0 fully saturated rings. The van der Waals surface area contributed by atoms with Crippen LogP contribution in [-0.2, 0) is 16.1 Å². The molecule has 0 radical (unpaired) electrons. The highest BCUT2D eigenvalue weighted by atomic mass is 16.6. The Morgan fingerprint density at radius 3 is 2.67 bits per heavy atom. The van der Waals surface area contributed by atoms with E-state index >= 15 is 0 Å². The van der Waals surface area contributed by atoms with Crippen LogP contribution >= 0.6 is 0 Å². The smallest absolute Gasteiger partial charge is 0.408 e. The lowest BCUT2D eigenvalue weighted by Gasteiger charge is -2.31. The summed E-state index contributed by atoms with van der Waals surface area (Å²) >= 11 is 0. The summed E-state index contributed by atoms with van der Waals surface area (Å²) in [5.41, 5.74) is 2.12. The number of furan rings is 1. The highest BCUT2D eigenvalue weighted by Crippen LogP contribution is 2.21.